The van der Waals surface area contributed by atoms with Gasteiger partial charge in [0.25, 0.3) is 0 Å². The summed E-state index contributed by atoms with van der Waals surface area (Å²) in [6, 6.07) is 8.53. The Morgan fingerprint density at radius 2 is 1.95 bits per heavy atom. The molecule has 0 saturated heterocycles. The molecule has 0 radical (unpaired) electrons. The Balaban J connectivity index is 2.05. The first kappa shape index (κ1) is 14.0. The molecule has 0 aliphatic heterocycles. The Labute approximate surface area is 119 Å². The van der Waals surface area contributed by atoms with Crippen LogP contribution in [0.2, 0.25) is 0 Å². The average Bonchev–Trinajstić information content (AvgIpc) is 2.88. The van der Waals surface area contributed by atoms with E-state index in [1.165, 1.54) is 16.1 Å². The van der Waals surface area contributed by atoms with Gasteiger partial charge in [-0.3, -0.25) is 0 Å². The van der Waals surface area contributed by atoms with Gasteiger partial charge in [-0.2, -0.15) is 0 Å². The molecule has 2 rings (SSSR count). The Morgan fingerprint density at radius 3 is 2.58 bits per heavy atom. The maximum Gasteiger partial charge on any atom is 0.123 e. The zero-order valence-electron chi connectivity index (χ0n) is 11.8. The molecule has 1 N–H and O–H groups in total. The number of nitrogens with zero attached hydrogens (tertiary/aromatic N) is 2. The summed E-state index contributed by atoms with van der Waals surface area (Å²) >= 11 is 1.76. The van der Waals surface area contributed by atoms with Crippen LogP contribution in [0, 0.1) is 0 Å². The molecule has 0 aliphatic carbocycles. The Bertz CT molecular complexity index is 502. The third kappa shape index (κ3) is 3.78. The number of nitrogens with one attached hydrogen (secondary N) is 1. The van der Waals surface area contributed by atoms with Gasteiger partial charge in [0, 0.05) is 43.0 Å². The third-order valence-corrected chi connectivity index (χ3v) is 3.96. The summed E-state index contributed by atoms with van der Waals surface area (Å²) < 4.78 is 0. The van der Waals surface area contributed by atoms with Crippen molar-refractivity contribution in [2.24, 2.45) is 0 Å². The van der Waals surface area contributed by atoms with Gasteiger partial charge in [0.05, 0.1) is 0 Å². The van der Waals surface area contributed by atoms with Crippen LogP contribution < -0.4 is 10.2 Å². The molecule has 0 saturated carbocycles. The van der Waals surface area contributed by atoms with Crippen molar-refractivity contribution in [2.75, 3.05) is 25.5 Å². The second-order valence-corrected chi connectivity index (χ2v) is 5.87. The molecule has 2 aromatic rings. The molecule has 0 bridgehead atoms. The topological polar surface area (TPSA) is 28.2 Å². The molecule has 3 nitrogen and oxygen atoms in total. The van der Waals surface area contributed by atoms with Crippen LogP contribution in [-0.2, 0) is 6.54 Å². The molecule has 1 heterocycles. The molecule has 19 heavy (non-hydrogen) atoms. The van der Waals surface area contributed by atoms with Crippen molar-refractivity contribution in [1.82, 2.24) is 10.3 Å². The van der Waals surface area contributed by atoms with E-state index in [2.05, 4.69) is 60.5 Å². The largest absolute Gasteiger partial charge is 0.378 e. The van der Waals surface area contributed by atoms with Crippen LogP contribution in [-0.4, -0.2) is 25.6 Å². The van der Waals surface area contributed by atoms with E-state index in [1.54, 1.807) is 11.3 Å². The Hall–Kier alpha value is -1.39. The first-order chi connectivity index (χ1) is 9.20. The second-order valence-electron chi connectivity index (χ2n) is 4.75. The summed E-state index contributed by atoms with van der Waals surface area (Å²) in [6.45, 7) is 4.16. The fraction of sp³-hybridized carbons (Fsp3) is 0.400. The summed E-state index contributed by atoms with van der Waals surface area (Å²) in [6.07, 6.45) is 3.14. The van der Waals surface area contributed by atoms with Gasteiger partial charge in [-0.25, -0.2) is 4.98 Å². The molecule has 0 aliphatic rings. The number of aromatic nitrogens is 1. The molecule has 0 unspecified atom stereocenters. The van der Waals surface area contributed by atoms with Crippen LogP contribution in [0.5, 0.6) is 0 Å². The number of thiazole rings is 1. The van der Waals surface area contributed by atoms with E-state index in [4.69, 9.17) is 0 Å². The summed E-state index contributed by atoms with van der Waals surface area (Å²) in [7, 11) is 4.10. The first-order valence-electron chi connectivity index (χ1n) is 6.64. The maximum absolute atomic E-state index is 4.50. The smallest absolute Gasteiger partial charge is 0.123 e. The molecule has 1 aromatic carbocycles. The van der Waals surface area contributed by atoms with Gasteiger partial charge in [0.15, 0.2) is 0 Å². The predicted molar refractivity (Wildman–Crippen MR) is 83.9 cm³/mol. The van der Waals surface area contributed by atoms with E-state index in [0.717, 1.165) is 24.5 Å². The molecule has 1 aromatic heterocycles. The van der Waals surface area contributed by atoms with Gasteiger partial charge >= 0.3 is 0 Å². The van der Waals surface area contributed by atoms with Crippen LogP contribution in [0.15, 0.2) is 30.5 Å². The van der Waals surface area contributed by atoms with Gasteiger partial charge < -0.3 is 10.2 Å². The van der Waals surface area contributed by atoms with E-state index in [1.807, 2.05) is 6.20 Å². The Morgan fingerprint density at radius 1 is 1.21 bits per heavy atom. The number of anilines is 1. The number of hydrogen-bond acceptors (Lipinski definition) is 4. The molecule has 0 amide bonds. The van der Waals surface area contributed by atoms with Crippen LogP contribution in [0.4, 0.5) is 5.69 Å². The van der Waals surface area contributed by atoms with Crippen LogP contribution >= 0.6 is 11.3 Å². The van der Waals surface area contributed by atoms with Crippen LogP contribution in [0.1, 0.15) is 18.2 Å². The van der Waals surface area contributed by atoms with Crippen LogP contribution in [0.3, 0.4) is 0 Å². The van der Waals surface area contributed by atoms with E-state index in [9.17, 15) is 0 Å². The zero-order valence-corrected chi connectivity index (χ0v) is 12.6. The van der Waals surface area contributed by atoms with Gasteiger partial charge in [0.2, 0.25) is 0 Å². The van der Waals surface area contributed by atoms with Crippen molar-refractivity contribution in [3.63, 3.8) is 0 Å². The standard InChI is InChI=1S/C15H21N3S/c1-4-9-16-10-14-11-17-15(19-14)12-5-7-13(8-6-12)18(2)3/h5-8,11,16H,4,9-10H2,1-3H3. The lowest BCUT2D eigenvalue weighted by molar-refractivity contribution is 0.681. The van der Waals surface area contributed by atoms with Gasteiger partial charge in [-0.15, -0.1) is 11.3 Å². The van der Waals surface area contributed by atoms with Crippen LogP contribution in [0.25, 0.3) is 10.6 Å². The van der Waals surface area contributed by atoms with E-state index < -0.39 is 0 Å². The van der Waals surface area contributed by atoms with Crippen molar-refractivity contribution >= 4 is 17.0 Å². The minimum atomic E-state index is 0.918. The lowest BCUT2D eigenvalue weighted by Gasteiger charge is -2.11. The van der Waals surface area contributed by atoms with Crippen molar-refractivity contribution < 1.29 is 0 Å². The molecule has 4 heteroatoms. The number of benzene rings is 1. The molecule has 0 atom stereocenters. The third-order valence-electron chi connectivity index (χ3n) is 2.91. The van der Waals surface area contributed by atoms with E-state index >= 15 is 0 Å². The number of rotatable bonds is 6. The van der Waals surface area contributed by atoms with Crippen molar-refractivity contribution in [1.29, 1.82) is 0 Å². The maximum atomic E-state index is 4.50. The van der Waals surface area contributed by atoms with Gasteiger partial charge in [-0.1, -0.05) is 6.92 Å². The van der Waals surface area contributed by atoms with E-state index in [-0.39, 0.29) is 0 Å². The Kier molecular flexibility index (Phi) is 4.93. The fourth-order valence-electron chi connectivity index (χ4n) is 1.81. The highest BCUT2D eigenvalue weighted by molar-refractivity contribution is 7.15. The molecular weight excluding hydrogens is 254 g/mol. The number of hydrogen-bond donors (Lipinski definition) is 1. The average molecular weight is 275 g/mol. The quantitative estimate of drug-likeness (QED) is 0.819. The second kappa shape index (κ2) is 6.68. The summed E-state index contributed by atoms with van der Waals surface area (Å²) in [5, 5.41) is 4.50. The van der Waals surface area contributed by atoms with Crippen molar-refractivity contribution in [3.8, 4) is 10.6 Å². The lowest BCUT2D eigenvalue weighted by atomic mass is 10.2. The highest BCUT2D eigenvalue weighted by atomic mass is 32.1. The van der Waals surface area contributed by atoms with Gasteiger partial charge in [0.1, 0.15) is 5.01 Å². The van der Waals surface area contributed by atoms with Crippen molar-refractivity contribution in [3.05, 3.63) is 35.3 Å². The summed E-state index contributed by atoms with van der Waals surface area (Å²) in [5.74, 6) is 0. The monoisotopic (exact) mass is 275 g/mol. The zero-order chi connectivity index (χ0) is 13.7. The molecule has 0 fully saturated rings. The normalized spacial score (nSPS) is 10.7. The fourth-order valence-corrected chi connectivity index (χ4v) is 2.70. The highest BCUT2D eigenvalue weighted by Crippen LogP contribution is 2.26. The predicted octanol–water partition coefficient (Wildman–Crippen LogP) is 3.38. The van der Waals surface area contributed by atoms with E-state index in [0.29, 0.717) is 0 Å². The molecule has 102 valence electrons. The molecular formula is C15H21N3S. The van der Waals surface area contributed by atoms with Crippen molar-refractivity contribution in [2.45, 2.75) is 19.9 Å². The highest BCUT2D eigenvalue weighted by Gasteiger charge is 2.05. The summed E-state index contributed by atoms with van der Waals surface area (Å²) in [5.41, 5.74) is 2.41. The SMILES string of the molecule is CCCNCc1cnc(-c2ccc(N(C)C)cc2)s1. The minimum absolute atomic E-state index is 0.918. The first-order valence-corrected chi connectivity index (χ1v) is 7.45. The molecule has 0 spiro atoms. The van der Waals surface area contributed by atoms with Gasteiger partial charge in [-0.05, 0) is 37.2 Å². The summed E-state index contributed by atoms with van der Waals surface area (Å²) in [4.78, 5) is 7.90. The lowest BCUT2D eigenvalue weighted by Crippen LogP contribution is -2.12. The minimum Gasteiger partial charge on any atom is -0.378 e.